The largest absolute Gasteiger partial charge is 0.478 e. The summed E-state index contributed by atoms with van der Waals surface area (Å²) < 4.78 is 0. The van der Waals surface area contributed by atoms with Gasteiger partial charge in [-0.05, 0) is 30.2 Å². The van der Waals surface area contributed by atoms with Crippen LogP contribution in [0.25, 0.3) is 6.08 Å². The van der Waals surface area contributed by atoms with Gasteiger partial charge in [-0.3, -0.25) is 4.79 Å². The number of carbonyl (C=O) groups excluding carboxylic acids is 1. The van der Waals surface area contributed by atoms with Crippen LogP contribution >= 0.6 is 11.6 Å². The number of likely N-dealkylation sites (N-methyl/N-ethyl adjacent to an activating group) is 1. The normalized spacial score (nSPS) is 16.4. The van der Waals surface area contributed by atoms with Crippen molar-refractivity contribution in [1.82, 2.24) is 4.90 Å². The van der Waals surface area contributed by atoms with E-state index in [4.69, 9.17) is 16.7 Å². The van der Waals surface area contributed by atoms with Crippen LogP contribution in [0.3, 0.4) is 0 Å². The Morgan fingerprint density at radius 3 is 2.81 bits per heavy atom. The van der Waals surface area contributed by atoms with Gasteiger partial charge in [-0.25, -0.2) is 4.79 Å². The molecule has 1 aromatic carbocycles. The topological polar surface area (TPSA) is 60.9 Å². The SMILES string of the molecule is CN1CCCN(c2ccc(/C=C/C(=O)O)cc2Cl)CC1=O. The summed E-state index contributed by atoms with van der Waals surface area (Å²) in [7, 11) is 1.80. The van der Waals surface area contributed by atoms with Gasteiger partial charge in [0.05, 0.1) is 17.3 Å². The van der Waals surface area contributed by atoms with Crippen LogP contribution in [0.2, 0.25) is 5.02 Å². The van der Waals surface area contributed by atoms with E-state index >= 15 is 0 Å². The van der Waals surface area contributed by atoms with Crippen LogP contribution in [0, 0.1) is 0 Å². The molecule has 1 saturated heterocycles. The van der Waals surface area contributed by atoms with Crippen LogP contribution in [-0.4, -0.2) is 48.6 Å². The van der Waals surface area contributed by atoms with Gasteiger partial charge in [0.2, 0.25) is 5.91 Å². The van der Waals surface area contributed by atoms with E-state index in [1.165, 1.54) is 6.08 Å². The van der Waals surface area contributed by atoms with E-state index in [1.54, 1.807) is 24.1 Å². The van der Waals surface area contributed by atoms with Crippen molar-refractivity contribution < 1.29 is 14.7 Å². The summed E-state index contributed by atoms with van der Waals surface area (Å²) in [5, 5.41) is 9.13. The summed E-state index contributed by atoms with van der Waals surface area (Å²) in [5.74, 6) is -0.935. The van der Waals surface area contributed by atoms with Crippen molar-refractivity contribution in [3.8, 4) is 0 Å². The second-order valence-corrected chi connectivity index (χ2v) is 5.38. The molecule has 2 rings (SSSR count). The quantitative estimate of drug-likeness (QED) is 0.869. The molecule has 0 spiro atoms. The van der Waals surface area contributed by atoms with Gasteiger partial charge >= 0.3 is 5.97 Å². The molecular weight excluding hydrogens is 292 g/mol. The average molecular weight is 309 g/mol. The third kappa shape index (κ3) is 3.98. The van der Waals surface area contributed by atoms with Crippen molar-refractivity contribution in [2.24, 2.45) is 0 Å². The van der Waals surface area contributed by atoms with E-state index in [-0.39, 0.29) is 5.91 Å². The van der Waals surface area contributed by atoms with Gasteiger partial charge in [0.25, 0.3) is 0 Å². The molecule has 0 atom stereocenters. The third-order valence-electron chi connectivity index (χ3n) is 3.40. The van der Waals surface area contributed by atoms with Crippen molar-refractivity contribution in [2.45, 2.75) is 6.42 Å². The Labute approximate surface area is 128 Å². The lowest BCUT2D eigenvalue weighted by molar-refractivity contribution is -0.131. The number of anilines is 1. The molecule has 0 radical (unpaired) electrons. The first-order valence-corrected chi connectivity index (χ1v) is 7.04. The third-order valence-corrected chi connectivity index (χ3v) is 3.71. The number of carboxylic acid groups (broad SMARTS) is 1. The Balaban J connectivity index is 2.20. The minimum absolute atomic E-state index is 0.0680. The molecule has 5 nitrogen and oxygen atoms in total. The number of benzene rings is 1. The first-order valence-electron chi connectivity index (χ1n) is 6.67. The number of aliphatic carboxylic acids is 1. The van der Waals surface area contributed by atoms with Crippen LogP contribution in [0.5, 0.6) is 0 Å². The molecule has 1 aliphatic rings. The lowest BCUT2D eigenvalue weighted by atomic mass is 10.1. The minimum atomic E-state index is -1.00. The molecule has 6 heteroatoms. The first kappa shape index (κ1) is 15.4. The number of hydrogen-bond donors (Lipinski definition) is 1. The maximum Gasteiger partial charge on any atom is 0.328 e. The van der Waals surface area contributed by atoms with Crippen molar-refractivity contribution in [3.05, 3.63) is 34.9 Å². The van der Waals surface area contributed by atoms with Crippen LogP contribution < -0.4 is 4.90 Å². The van der Waals surface area contributed by atoms with E-state index in [0.29, 0.717) is 17.1 Å². The van der Waals surface area contributed by atoms with Gasteiger partial charge in [0, 0.05) is 26.2 Å². The Hall–Kier alpha value is -2.01. The summed E-state index contributed by atoms with van der Waals surface area (Å²) in [4.78, 5) is 26.1. The highest BCUT2D eigenvalue weighted by atomic mass is 35.5. The highest BCUT2D eigenvalue weighted by molar-refractivity contribution is 6.33. The Morgan fingerprint density at radius 2 is 2.14 bits per heavy atom. The van der Waals surface area contributed by atoms with Crippen LogP contribution in [-0.2, 0) is 9.59 Å². The van der Waals surface area contributed by atoms with Crippen molar-refractivity contribution in [1.29, 1.82) is 0 Å². The second kappa shape index (κ2) is 6.63. The van der Waals surface area contributed by atoms with Gasteiger partial charge in [-0.15, -0.1) is 0 Å². The summed E-state index contributed by atoms with van der Waals surface area (Å²) in [6, 6.07) is 5.32. The molecule has 1 aliphatic heterocycles. The van der Waals surface area contributed by atoms with E-state index < -0.39 is 5.97 Å². The molecule has 0 unspecified atom stereocenters. The summed E-state index contributed by atoms with van der Waals surface area (Å²) >= 11 is 6.27. The maximum atomic E-state index is 11.9. The van der Waals surface area contributed by atoms with Gasteiger partial charge in [0.1, 0.15) is 0 Å². The van der Waals surface area contributed by atoms with Crippen LogP contribution in [0.1, 0.15) is 12.0 Å². The molecule has 0 aliphatic carbocycles. The number of hydrogen-bond acceptors (Lipinski definition) is 3. The first-order chi connectivity index (χ1) is 9.97. The Bertz CT molecular complexity index is 586. The second-order valence-electron chi connectivity index (χ2n) is 4.97. The zero-order chi connectivity index (χ0) is 15.4. The molecule has 1 N–H and O–H groups in total. The lowest BCUT2D eigenvalue weighted by Gasteiger charge is -2.23. The fourth-order valence-electron chi connectivity index (χ4n) is 2.24. The molecule has 21 heavy (non-hydrogen) atoms. The molecule has 0 bridgehead atoms. The summed E-state index contributed by atoms with van der Waals surface area (Å²) in [6.07, 6.45) is 3.44. The number of carboxylic acids is 1. The number of nitrogens with zero attached hydrogens (tertiary/aromatic N) is 2. The van der Waals surface area contributed by atoms with Gasteiger partial charge in [-0.1, -0.05) is 17.7 Å². The number of amides is 1. The summed E-state index contributed by atoms with van der Waals surface area (Å²) in [6.45, 7) is 1.81. The van der Waals surface area contributed by atoms with Crippen LogP contribution in [0.4, 0.5) is 5.69 Å². The average Bonchev–Trinajstić information content (AvgIpc) is 2.59. The highest BCUT2D eigenvalue weighted by Crippen LogP contribution is 2.28. The number of rotatable bonds is 3. The number of carbonyl (C=O) groups is 2. The van der Waals surface area contributed by atoms with Crippen LogP contribution in [0.15, 0.2) is 24.3 Å². The van der Waals surface area contributed by atoms with Gasteiger partial charge in [-0.2, -0.15) is 0 Å². The molecule has 1 fully saturated rings. The fraction of sp³-hybridized carbons (Fsp3) is 0.333. The summed E-state index contributed by atoms with van der Waals surface area (Å²) in [5.41, 5.74) is 1.51. The monoisotopic (exact) mass is 308 g/mol. The van der Waals surface area contributed by atoms with E-state index in [1.807, 2.05) is 11.0 Å². The lowest BCUT2D eigenvalue weighted by Crippen LogP contribution is -2.34. The molecule has 1 heterocycles. The van der Waals surface area contributed by atoms with E-state index in [2.05, 4.69) is 0 Å². The van der Waals surface area contributed by atoms with Gasteiger partial charge in [0.15, 0.2) is 0 Å². The zero-order valence-electron chi connectivity index (χ0n) is 11.8. The standard InChI is InChI=1S/C15H17ClN2O3/c1-17-7-2-8-18(10-14(17)19)13-5-3-11(9-12(13)16)4-6-15(20)21/h3-6,9H,2,7-8,10H2,1H3,(H,20,21)/b6-4+. The predicted molar refractivity (Wildman–Crippen MR) is 82.6 cm³/mol. The maximum absolute atomic E-state index is 11.9. The van der Waals surface area contributed by atoms with E-state index in [0.717, 1.165) is 31.3 Å². The zero-order valence-corrected chi connectivity index (χ0v) is 12.5. The van der Waals surface area contributed by atoms with E-state index in [9.17, 15) is 9.59 Å². The Kier molecular flexibility index (Phi) is 4.85. The molecule has 0 saturated carbocycles. The molecule has 112 valence electrons. The predicted octanol–water partition coefficient (Wildman–Crippen LogP) is 2.11. The fourth-order valence-corrected chi connectivity index (χ4v) is 2.55. The molecule has 1 amide bonds. The molecule has 1 aromatic rings. The van der Waals surface area contributed by atoms with Gasteiger partial charge < -0.3 is 14.9 Å². The highest BCUT2D eigenvalue weighted by Gasteiger charge is 2.20. The molecule has 0 aromatic heterocycles. The Morgan fingerprint density at radius 1 is 1.38 bits per heavy atom. The number of halogens is 1. The smallest absolute Gasteiger partial charge is 0.328 e. The van der Waals surface area contributed by atoms with Crippen molar-refractivity contribution >= 4 is 35.2 Å². The van der Waals surface area contributed by atoms with Crippen molar-refractivity contribution in [2.75, 3.05) is 31.6 Å². The van der Waals surface area contributed by atoms with Crippen molar-refractivity contribution in [3.63, 3.8) is 0 Å². The minimum Gasteiger partial charge on any atom is -0.478 e. The molecular formula is C15H17ClN2O3.